The van der Waals surface area contributed by atoms with Crippen molar-refractivity contribution in [3.63, 3.8) is 0 Å². The van der Waals surface area contributed by atoms with Crippen molar-refractivity contribution >= 4 is 11.4 Å². The first-order valence-electron chi connectivity index (χ1n) is 5.37. The summed E-state index contributed by atoms with van der Waals surface area (Å²) in [6.07, 6.45) is 1.87. The number of benzene rings is 1. The minimum Gasteiger partial charge on any atom is -0.371 e. The van der Waals surface area contributed by atoms with E-state index in [2.05, 4.69) is 4.90 Å². The molecular formula is C11H12N2O3. The van der Waals surface area contributed by atoms with E-state index in [0.717, 1.165) is 25.2 Å². The predicted molar refractivity (Wildman–Crippen MR) is 58.6 cm³/mol. The van der Waals surface area contributed by atoms with E-state index in [1.807, 2.05) is 12.1 Å². The maximum absolute atomic E-state index is 10.5. The summed E-state index contributed by atoms with van der Waals surface area (Å²) >= 11 is 0. The minimum absolute atomic E-state index is 0.141. The van der Waals surface area contributed by atoms with E-state index in [1.165, 1.54) is 0 Å². The Labute approximate surface area is 92.8 Å². The molecule has 0 aliphatic carbocycles. The summed E-state index contributed by atoms with van der Waals surface area (Å²) < 4.78 is 5.54. The van der Waals surface area contributed by atoms with Crippen LogP contribution in [0.2, 0.25) is 0 Å². The normalized spacial score (nSPS) is 27.4. The molecule has 5 heteroatoms. The van der Waals surface area contributed by atoms with Crippen LogP contribution in [0.1, 0.15) is 6.42 Å². The second kappa shape index (κ2) is 3.45. The van der Waals surface area contributed by atoms with Crippen LogP contribution in [0.15, 0.2) is 24.3 Å². The topological polar surface area (TPSA) is 55.6 Å². The number of ether oxygens (including phenoxy) is 1. The number of hydrogen-bond acceptors (Lipinski definition) is 4. The van der Waals surface area contributed by atoms with Crippen LogP contribution in [0.25, 0.3) is 0 Å². The Morgan fingerprint density at radius 2 is 1.81 bits per heavy atom. The molecule has 2 bridgehead atoms. The smallest absolute Gasteiger partial charge is 0.269 e. The molecule has 4 rings (SSSR count). The van der Waals surface area contributed by atoms with Crippen LogP contribution in [0, 0.1) is 10.1 Å². The first kappa shape index (κ1) is 9.59. The van der Waals surface area contributed by atoms with Gasteiger partial charge in [0.1, 0.15) is 0 Å². The summed E-state index contributed by atoms with van der Waals surface area (Å²) in [6.45, 7) is 1.79. The Hall–Kier alpha value is -1.62. The summed E-state index contributed by atoms with van der Waals surface area (Å²) in [5.74, 6) is 0. The van der Waals surface area contributed by atoms with Crippen molar-refractivity contribution in [2.45, 2.75) is 18.6 Å². The van der Waals surface area contributed by atoms with Crippen LogP contribution in [-0.4, -0.2) is 30.2 Å². The van der Waals surface area contributed by atoms with E-state index in [4.69, 9.17) is 4.74 Å². The van der Waals surface area contributed by atoms with Crippen LogP contribution in [-0.2, 0) is 4.74 Å². The second-order valence-corrected chi connectivity index (χ2v) is 4.29. The van der Waals surface area contributed by atoms with Gasteiger partial charge < -0.3 is 9.64 Å². The van der Waals surface area contributed by atoms with Gasteiger partial charge >= 0.3 is 0 Å². The van der Waals surface area contributed by atoms with E-state index >= 15 is 0 Å². The number of nitrogens with zero attached hydrogens (tertiary/aromatic N) is 2. The van der Waals surface area contributed by atoms with Gasteiger partial charge in [0.15, 0.2) is 0 Å². The van der Waals surface area contributed by atoms with Gasteiger partial charge in [0.2, 0.25) is 0 Å². The van der Waals surface area contributed by atoms with Gasteiger partial charge in [-0.15, -0.1) is 0 Å². The maximum atomic E-state index is 10.5. The van der Waals surface area contributed by atoms with E-state index in [0.29, 0.717) is 12.2 Å². The lowest BCUT2D eigenvalue weighted by molar-refractivity contribution is -0.384. The van der Waals surface area contributed by atoms with Crippen molar-refractivity contribution in [1.82, 2.24) is 0 Å². The zero-order valence-corrected chi connectivity index (χ0v) is 8.70. The van der Waals surface area contributed by atoms with Gasteiger partial charge in [-0.05, 0) is 12.1 Å². The van der Waals surface area contributed by atoms with E-state index in [9.17, 15) is 10.1 Å². The van der Waals surface area contributed by atoms with Crippen LogP contribution in [0.5, 0.6) is 0 Å². The van der Waals surface area contributed by atoms with Crippen molar-refractivity contribution in [3.05, 3.63) is 34.4 Å². The molecule has 2 unspecified atom stereocenters. The Kier molecular flexibility index (Phi) is 2.07. The molecule has 0 saturated carbocycles. The van der Waals surface area contributed by atoms with Gasteiger partial charge in [-0.1, -0.05) is 0 Å². The van der Waals surface area contributed by atoms with Gasteiger partial charge in [0, 0.05) is 37.3 Å². The van der Waals surface area contributed by atoms with Crippen molar-refractivity contribution < 1.29 is 9.66 Å². The average Bonchev–Trinajstić information content (AvgIpc) is 2.28. The molecule has 3 aliphatic heterocycles. The molecule has 0 amide bonds. The lowest BCUT2D eigenvalue weighted by atomic mass is 9.98. The zero-order chi connectivity index (χ0) is 11.1. The van der Waals surface area contributed by atoms with Crippen LogP contribution >= 0.6 is 0 Å². The fourth-order valence-electron chi connectivity index (χ4n) is 2.35. The first-order chi connectivity index (χ1) is 7.72. The van der Waals surface area contributed by atoms with Crippen LogP contribution in [0.3, 0.4) is 0 Å². The summed E-state index contributed by atoms with van der Waals surface area (Å²) in [4.78, 5) is 12.4. The molecule has 1 aromatic rings. The van der Waals surface area contributed by atoms with E-state index in [-0.39, 0.29) is 10.6 Å². The minimum atomic E-state index is -0.374. The molecule has 0 N–H and O–H groups in total. The third-order valence-electron chi connectivity index (χ3n) is 3.18. The zero-order valence-electron chi connectivity index (χ0n) is 8.70. The molecule has 3 aliphatic rings. The largest absolute Gasteiger partial charge is 0.371 e. The lowest BCUT2D eigenvalue weighted by Gasteiger charge is -2.48. The number of fused-ring (bicyclic) bond motifs is 2. The molecule has 3 fully saturated rings. The number of piperidine rings is 1. The Bertz CT molecular complexity index is 402. The Balaban J connectivity index is 1.77. The summed E-state index contributed by atoms with van der Waals surface area (Å²) in [6, 6.07) is 6.72. The highest BCUT2D eigenvalue weighted by Crippen LogP contribution is 2.31. The molecule has 3 saturated heterocycles. The number of anilines is 1. The standard InChI is InChI=1S/C11H12N2O3/c14-13(15)9-3-1-8(2-4-9)12-6-10-5-11(7-12)16-10/h1-4,10-11H,5-7H2. The Morgan fingerprint density at radius 1 is 1.25 bits per heavy atom. The van der Waals surface area contributed by atoms with Gasteiger partial charge in [-0.3, -0.25) is 10.1 Å². The van der Waals surface area contributed by atoms with Crippen molar-refractivity contribution in [1.29, 1.82) is 0 Å². The number of nitro groups is 1. The molecule has 16 heavy (non-hydrogen) atoms. The number of rotatable bonds is 2. The van der Waals surface area contributed by atoms with Gasteiger partial charge in [0.25, 0.3) is 5.69 Å². The summed E-state index contributed by atoms with van der Waals surface area (Å²) in [5, 5.41) is 10.5. The monoisotopic (exact) mass is 220 g/mol. The number of morpholine rings is 1. The molecule has 0 spiro atoms. The van der Waals surface area contributed by atoms with Crippen molar-refractivity contribution in [2.24, 2.45) is 0 Å². The second-order valence-electron chi connectivity index (χ2n) is 4.29. The maximum Gasteiger partial charge on any atom is 0.269 e. The van der Waals surface area contributed by atoms with Gasteiger partial charge in [0.05, 0.1) is 17.1 Å². The average molecular weight is 220 g/mol. The highest BCUT2D eigenvalue weighted by atomic mass is 16.6. The van der Waals surface area contributed by atoms with E-state index in [1.54, 1.807) is 12.1 Å². The molecular weight excluding hydrogens is 208 g/mol. The highest BCUT2D eigenvalue weighted by Gasteiger charge is 2.38. The lowest BCUT2D eigenvalue weighted by Crippen LogP contribution is -2.57. The van der Waals surface area contributed by atoms with Gasteiger partial charge in [-0.2, -0.15) is 0 Å². The van der Waals surface area contributed by atoms with Crippen molar-refractivity contribution in [2.75, 3.05) is 18.0 Å². The molecule has 84 valence electrons. The fraction of sp³-hybridized carbons (Fsp3) is 0.455. The molecule has 0 aromatic heterocycles. The fourth-order valence-corrected chi connectivity index (χ4v) is 2.35. The van der Waals surface area contributed by atoms with Crippen molar-refractivity contribution in [3.8, 4) is 0 Å². The third kappa shape index (κ3) is 1.53. The number of non-ortho nitro benzene ring substituents is 1. The van der Waals surface area contributed by atoms with Crippen LogP contribution in [0.4, 0.5) is 11.4 Å². The molecule has 0 radical (unpaired) electrons. The molecule has 3 heterocycles. The predicted octanol–water partition coefficient (Wildman–Crippen LogP) is 1.57. The SMILES string of the molecule is O=[N+]([O-])c1ccc(N2CC3CC(C2)O3)cc1. The van der Waals surface area contributed by atoms with E-state index < -0.39 is 0 Å². The third-order valence-corrected chi connectivity index (χ3v) is 3.18. The molecule has 5 nitrogen and oxygen atoms in total. The molecule has 1 aromatic carbocycles. The first-order valence-corrected chi connectivity index (χ1v) is 5.37. The van der Waals surface area contributed by atoms with Gasteiger partial charge in [-0.25, -0.2) is 0 Å². The number of nitro benzene ring substituents is 1. The highest BCUT2D eigenvalue weighted by molar-refractivity contribution is 5.51. The molecule has 2 atom stereocenters. The van der Waals surface area contributed by atoms with Crippen LogP contribution < -0.4 is 4.90 Å². The Morgan fingerprint density at radius 3 is 2.31 bits per heavy atom. The quantitative estimate of drug-likeness (QED) is 0.560. The summed E-state index contributed by atoms with van der Waals surface area (Å²) in [5.41, 5.74) is 1.19. The summed E-state index contributed by atoms with van der Waals surface area (Å²) in [7, 11) is 0. The number of hydrogen-bond donors (Lipinski definition) is 0.